The summed E-state index contributed by atoms with van der Waals surface area (Å²) in [6.07, 6.45) is 1.64. The fraction of sp³-hybridized carbons (Fsp3) is 0.375. The number of carbonyl (C=O) groups is 1. The van der Waals surface area contributed by atoms with Gasteiger partial charge >= 0.3 is 5.97 Å². The molecule has 1 unspecified atom stereocenters. The normalized spacial score (nSPS) is 20.2. The van der Waals surface area contributed by atoms with E-state index in [0.29, 0.717) is 10.9 Å². The Morgan fingerprint density at radius 3 is 2.69 bits per heavy atom. The van der Waals surface area contributed by atoms with Crippen LogP contribution in [-0.4, -0.2) is 53.7 Å². The van der Waals surface area contributed by atoms with Gasteiger partial charge in [0.1, 0.15) is 17.5 Å². The summed E-state index contributed by atoms with van der Waals surface area (Å²) in [6, 6.07) is 7.12. The molecule has 0 aliphatic carbocycles. The minimum Gasteiger partial charge on any atom is -0.481 e. The van der Waals surface area contributed by atoms with Crippen molar-refractivity contribution in [1.29, 1.82) is 0 Å². The lowest BCUT2D eigenvalue weighted by molar-refractivity contribution is -0.157. The average molecular weight is 527 g/mol. The second-order valence-corrected chi connectivity index (χ2v) is 11.0. The summed E-state index contributed by atoms with van der Waals surface area (Å²) < 4.78 is 29.6. The molecule has 1 fully saturated rings. The van der Waals surface area contributed by atoms with E-state index in [2.05, 4.69) is 15.3 Å². The second kappa shape index (κ2) is 9.76. The lowest BCUT2D eigenvalue weighted by atomic mass is 9.53. The van der Waals surface area contributed by atoms with Crippen LogP contribution in [0.15, 0.2) is 41.9 Å². The number of pyridine rings is 1. The molecule has 6 nitrogen and oxygen atoms in total. The number of aliphatic carboxylic acids is 1. The molecule has 0 amide bonds. The summed E-state index contributed by atoms with van der Waals surface area (Å²) in [6.45, 7) is 3.69. The first kappa shape index (κ1) is 26.6. The van der Waals surface area contributed by atoms with Gasteiger partial charge in [-0.05, 0) is 62.3 Å². The number of nitrogens with zero attached hydrogens (tertiary/aromatic N) is 3. The molecule has 0 bridgehead atoms. The maximum atomic E-state index is 14.8. The fourth-order valence-electron chi connectivity index (χ4n) is 5.09. The van der Waals surface area contributed by atoms with E-state index in [9.17, 15) is 18.7 Å². The highest BCUT2D eigenvalue weighted by Crippen LogP contribution is 2.47. The zero-order valence-electron chi connectivity index (χ0n) is 19.8. The van der Waals surface area contributed by atoms with Gasteiger partial charge in [0.15, 0.2) is 5.13 Å². The zero-order valence-corrected chi connectivity index (χ0v) is 21.3. The summed E-state index contributed by atoms with van der Waals surface area (Å²) in [7, 11) is 12.9. The maximum absolute atomic E-state index is 14.8. The number of nitrogens with one attached hydrogen (secondary N) is 1. The van der Waals surface area contributed by atoms with Crippen LogP contribution in [0.4, 0.5) is 19.7 Å². The van der Waals surface area contributed by atoms with Gasteiger partial charge in [-0.25, -0.2) is 18.7 Å². The molecule has 1 aromatic carbocycles. The van der Waals surface area contributed by atoms with Crippen LogP contribution in [0, 0.1) is 17.0 Å². The molecule has 184 valence electrons. The van der Waals surface area contributed by atoms with Crippen molar-refractivity contribution >= 4 is 55.5 Å². The largest absolute Gasteiger partial charge is 0.481 e. The Morgan fingerprint density at radius 2 is 2.06 bits per heavy atom. The fourth-order valence-corrected chi connectivity index (χ4v) is 5.80. The topological polar surface area (TPSA) is 78.4 Å². The Bertz CT molecular complexity index is 1280. The Kier molecular flexibility index (Phi) is 7.20. The molecular formula is C24H23B2ClF2N4O2S. The van der Waals surface area contributed by atoms with Crippen molar-refractivity contribution < 1.29 is 18.7 Å². The summed E-state index contributed by atoms with van der Waals surface area (Å²) >= 11 is 7.30. The second-order valence-electron chi connectivity index (χ2n) is 9.67. The molecule has 0 spiro atoms. The first-order chi connectivity index (χ1) is 16.9. The third-order valence-corrected chi connectivity index (χ3v) is 7.67. The molecule has 3 heterocycles. The Balaban J connectivity index is 1.63. The molecule has 12 heteroatoms. The minimum atomic E-state index is -1.76. The van der Waals surface area contributed by atoms with Crippen LogP contribution in [-0.2, 0) is 16.6 Å². The number of hydrogen-bond donors (Lipinski definition) is 2. The quantitative estimate of drug-likeness (QED) is 0.429. The molecule has 4 rings (SSSR count). The smallest absolute Gasteiger partial charge is 0.310 e. The third kappa shape index (κ3) is 5.01. The standard InChI is InChI=1S/C24H23B2ClF2N4O2S/c1-22(2)13-23(20(34)35,8-10-33(22)24(25,26)14-4-3-5-15(27)19(14)29)12-17-16(28)6-7-18(31-17)32-21-30-9-11-36-21/h3-7,9,11H,8,10,12-13H2,1-2H3,(H,34,35)(H,30,31,32). The van der Waals surface area contributed by atoms with Crippen molar-refractivity contribution in [2.24, 2.45) is 5.41 Å². The lowest BCUT2D eigenvalue weighted by Crippen LogP contribution is -2.64. The van der Waals surface area contributed by atoms with Gasteiger partial charge in [-0.2, -0.15) is 0 Å². The highest BCUT2D eigenvalue weighted by molar-refractivity contribution is 7.13. The average Bonchev–Trinajstić information content (AvgIpc) is 3.30. The summed E-state index contributed by atoms with van der Waals surface area (Å²) in [4.78, 5) is 22.7. The molecule has 1 saturated heterocycles. The van der Waals surface area contributed by atoms with E-state index in [1.165, 1.54) is 35.6 Å². The number of aromatic nitrogens is 2. The van der Waals surface area contributed by atoms with Gasteiger partial charge in [0.2, 0.25) is 0 Å². The number of anilines is 2. The SMILES string of the molecule is [B]C([B])(c1cccc(Cl)c1F)N1CCC(Cc2nc(Nc3nccs3)ccc2F)(C(=O)O)CC1(C)C. The molecule has 1 aliphatic heterocycles. The van der Waals surface area contributed by atoms with Crippen LogP contribution in [0.1, 0.15) is 37.9 Å². The highest BCUT2D eigenvalue weighted by atomic mass is 35.5. The number of hydrogen-bond acceptors (Lipinski definition) is 6. The van der Waals surface area contributed by atoms with Crippen molar-refractivity contribution in [3.63, 3.8) is 0 Å². The lowest BCUT2D eigenvalue weighted by Gasteiger charge is -2.56. The first-order valence-electron chi connectivity index (χ1n) is 11.2. The Morgan fingerprint density at radius 1 is 1.31 bits per heavy atom. The number of rotatable bonds is 7. The number of thiazole rings is 1. The Labute approximate surface area is 219 Å². The molecular weight excluding hydrogens is 503 g/mol. The number of likely N-dealkylation sites (tertiary alicyclic amines) is 1. The van der Waals surface area contributed by atoms with E-state index in [1.54, 1.807) is 36.4 Å². The molecule has 1 atom stereocenters. The predicted molar refractivity (Wildman–Crippen MR) is 138 cm³/mol. The van der Waals surface area contributed by atoms with E-state index in [-0.39, 0.29) is 42.1 Å². The third-order valence-electron chi connectivity index (χ3n) is 6.69. The summed E-state index contributed by atoms with van der Waals surface area (Å²) in [5.41, 5.74) is -2.23. The van der Waals surface area contributed by atoms with Gasteiger partial charge in [-0.3, -0.25) is 4.79 Å². The summed E-state index contributed by atoms with van der Waals surface area (Å²) in [5, 5.41) is 13.8. The van der Waals surface area contributed by atoms with E-state index in [1.807, 2.05) is 0 Å². The molecule has 36 heavy (non-hydrogen) atoms. The van der Waals surface area contributed by atoms with Crippen LogP contribution >= 0.6 is 22.9 Å². The molecule has 1 aliphatic rings. The van der Waals surface area contributed by atoms with Crippen molar-refractivity contribution in [3.05, 3.63) is 69.8 Å². The van der Waals surface area contributed by atoms with Crippen molar-refractivity contribution in [2.75, 3.05) is 11.9 Å². The number of piperidine rings is 1. The predicted octanol–water partition coefficient (Wildman–Crippen LogP) is 4.85. The molecule has 2 N–H and O–H groups in total. The van der Waals surface area contributed by atoms with Gasteiger partial charge < -0.3 is 15.3 Å². The maximum Gasteiger partial charge on any atom is 0.310 e. The van der Waals surface area contributed by atoms with Crippen LogP contribution < -0.4 is 5.32 Å². The van der Waals surface area contributed by atoms with Crippen molar-refractivity contribution in [1.82, 2.24) is 14.9 Å². The molecule has 4 radical (unpaired) electrons. The van der Waals surface area contributed by atoms with Gasteiger partial charge in [0.25, 0.3) is 0 Å². The monoisotopic (exact) mass is 526 g/mol. The minimum absolute atomic E-state index is 0.000395. The van der Waals surface area contributed by atoms with E-state index >= 15 is 0 Å². The van der Waals surface area contributed by atoms with Gasteiger partial charge in [0.05, 0.1) is 31.8 Å². The van der Waals surface area contributed by atoms with Crippen LogP contribution in [0.3, 0.4) is 0 Å². The number of carboxylic acids is 1. The van der Waals surface area contributed by atoms with Crippen LogP contribution in [0.25, 0.3) is 0 Å². The van der Waals surface area contributed by atoms with Gasteiger partial charge in [-0.1, -0.05) is 23.7 Å². The number of benzene rings is 1. The molecule has 2 aromatic heterocycles. The summed E-state index contributed by atoms with van der Waals surface area (Å²) in [5.74, 6) is -2.05. The Hall–Kier alpha value is -2.49. The number of carboxylic acid groups (broad SMARTS) is 1. The van der Waals surface area contributed by atoms with Gasteiger partial charge in [0, 0.05) is 23.5 Å². The van der Waals surface area contributed by atoms with E-state index in [0.717, 1.165) is 0 Å². The van der Waals surface area contributed by atoms with Crippen LogP contribution in [0.2, 0.25) is 5.02 Å². The molecule has 3 aromatic rings. The first-order valence-corrected chi connectivity index (χ1v) is 12.5. The molecule has 0 saturated carbocycles. The van der Waals surface area contributed by atoms with Crippen LogP contribution in [0.5, 0.6) is 0 Å². The van der Waals surface area contributed by atoms with E-state index in [4.69, 9.17) is 27.3 Å². The highest BCUT2D eigenvalue weighted by Gasteiger charge is 2.52. The number of halogens is 3. The van der Waals surface area contributed by atoms with E-state index < -0.39 is 33.9 Å². The van der Waals surface area contributed by atoms with Crippen molar-refractivity contribution in [3.8, 4) is 0 Å². The van der Waals surface area contributed by atoms with Gasteiger partial charge in [-0.15, -0.1) is 11.3 Å². The van der Waals surface area contributed by atoms with Crippen molar-refractivity contribution in [2.45, 2.75) is 44.0 Å². The zero-order chi connectivity index (χ0) is 26.3.